The fraction of sp³-hybridized carbons (Fsp3) is 0. The van der Waals surface area contributed by atoms with E-state index < -0.39 is 16.6 Å². The Morgan fingerprint density at radius 1 is 1.18 bits per heavy atom. The second-order valence-corrected chi connectivity index (χ2v) is 1.63. The Bertz CT molecular complexity index is 166. The molecule has 0 aromatic carbocycles. The third-order valence-electron chi connectivity index (χ3n) is 0. The molecule has 0 rings (SSSR count). The summed E-state index contributed by atoms with van der Waals surface area (Å²) in [4.78, 5) is 8.56. The molecule has 0 fully saturated rings. The summed E-state index contributed by atoms with van der Waals surface area (Å²) in [6.07, 6.45) is -1.83. The number of rotatable bonds is 0. The molecule has 0 aromatic heterocycles. The van der Waals surface area contributed by atoms with Crippen LogP contribution in [0.4, 0.5) is 4.79 Å². The number of carboxylic acid groups (broad SMARTS) is 2. The van der Waals surface area contributed by atoms with Gasteiger partial charge in [-0.25, -0.2) is 4.79 Å². The van der Waals surface area contributed by atoms with Gasteiger partial charge < -0.3 is 11.6 Å². The zero-order valence-electron chi connectivity index (χ0n) is 6.63. The molecule has 0 aliphatic heterocycles. The summed E-state index contributed by atoms with van der Waals surface area (Å²) in [5.74, 6) is 0. The molecule has 0 spiro atoms. The summed E-state index contributed by atoms with van der Waals surface area (Å²) in [6.45, 7) is 0. The molecule has 4 N–H and O–H groups in total. The van der Waals surface area contributed by atoms with Gasteiger partial charge in [0.15, 0.2) is 0 Å². The Labute approximate surface area is 106 Å². The van der Waals surface area contributed by atoms with Gasteiger partial charge in [0, 0.05) is 0 Å². The van der Waals surface area contributed by atoms with E-state index in [0.29, 0.717) is 0 Å². The average Bonchev–Trinajstić information content (AvgIpc) is 1.19. The van der Waals surface area contributed by atoms with Crippen molar-refractivity contribution in [2.45, 2.75) is 0 Å². The van der Waals surface area contributed by atoms with Crippen LogP contribution in [-0.2, 0) is 10.4 Å². The van der Waals surface area contributed by atoms with E-state index in [1.165, 1.54) is 0 Å². The van der Waals surface area contributed by atoms with Crippen molar-refractivity contribution in [2.24, 2.45) is 0 Å². The standard InChI is InChI=1S/CH2O3.Na.H2O4S.Pb.3H/c2-1(3)4;;1-5(2,3)4;;;;/h(H2,2,3,4);;(H2,1,2,3,4);;;;/q;+1;;;;;-1. The van der Waals surface area contributed by atoms with Crippen LogP contribution in [-0.4, -0.2) is 61.2 Å². The van der Waals surface area contributed by atoms with E-state index in [1.807, 2.05) is 0 Å². The first kappa shape index (κ1) is 22.7. The van der Waals surface area contributed by atoms with Crippen molar-refractivity contribution >= 4 is 43.9 Å². The van der Waals surface area contributed by atoms with Crippen molar-refractivity contribution in [1.29, 1.82) is 0 Å². The predicted molar refractivity (Wildman–Crippen MR) is 34.5 cm³/mol. The van der Waals surface area contributed by atoms with E-state index in [2.05, 4.69) is 0 Å². The van der Waals surface area contributed by atoms with Crippen LogP contribution in [0.5, 0.6) is 0 Å². The van der Waals surface area contributed by atoms with Gasteiger partial charge in [0.05, 0.1) is 0 Å². The minimum absolute atomic E-state index is 0. The van der Waals surface area contributed by atoms with E-state index in [4.69, 9.17) is 32.5 Å². The molecule has 0 aliphatic carbocycles. The van der Waals surface area contributed by atoms with Crippen molar-refractivity contribution in [3.05, 3.63) is 0 Å². The van der Waals surface area contributed by atoms with Crippen molar-refractivity contribution in [2.75, 3.05) is 0 Å². The molecule has 0 heterocycles. The van der Waals surface area contributed by atoms with Crippen LogP contribution in [0.25, 0.3) is 0 Å². The molecule has 0 saturated carbocycles. The fourth-order valence-electron chi connectivity index (χ4n) is 0. The predicted octanol–water partition coefficient (Wildman–Crippen LogP) is -4.23. The second kappa shape index (κ2) is 11.1. The first-order valence-corrected chi connectivity index (χ1v) is 2.75. The van der Waals surface area contributed by atoms with Crippen LogP contribution in [0, 0.1) is 0 Å². The van der Waals surface area contributed by atoms with Gasteiger partial charge in [-0.15, -0.1) is 0 Å². The van der Waals surface area contributed by atoms with E-state index in [9.17, 15) is 0 Å². The number of hydrogen-bond acceptors (Lipinski definition) is 3. The molecule has 7 nitrogen and oxygen atoms in total. The molecule has 64 valence electrons. The number of hydrogen-bond donors (Lipinski definition) is 4. The summed E-state index contributed by atoms with van der Waals surface area (Å²) >= 11 is 0. The summed E-state index contributed by atoms with van der Waals surface area (Å²) < 4.78 is 31.6. The van der Waals surface area contributed by atoms with Crippen LogP contribution in [0.15, 0.2) is 0 Å². The van der Waals surface area contributed by atoms with Crippen molar-refractivity contribution in [1.82, 2.24) is 0 Å². The Morgan fingerprint density at radius 3 is 1.18 bits per heavy atom. The molecule has 10 heteroatoms. The first-order valence-electron chi connectivity index (χ1n) is 1.35. The molecule has 0 atom stereocenters. The maximum absolute atomic E-state index is 8.74. The van der Waals surface area contributed by atoms with Gasteiger partial charge in [0.25, 0.3) is 0 Å². The maximum atomic E-state index is 8.74. The van der Waals surface area contributed by atoms with Gasteiger partial charge >= 0.3 is 73.4 Å². The van der Waals surface area contributed by atoms with Gasteiger partial charge in [-0.2, -0.15) is 8.42 Å². The van der Waals surface area contributed by atoms with E-state index in [0.717, 1.165) is 0 Å². The van der Waals surface area contributed by atoms with Crippen molar-refractivity contribution in [3.63, 3.8) is 0 Å². The molecule has 0 unspecified atom stereocenters. The average molecular weight is 393 g/mol. The van der Waals surface area contributed by atoms with Crippen LogP contribution in [0.2, 0.25) is 0 Å². The third kappa shape index (κ3) is 805. The molecule has 0 amide bonds. The van der Waals surface area contributed by atoms with Crippen molar-refractivity contribution in [3.8, 4) is 0 Å². The Kier molecular flexibility index (Phi) is 22.8. The molecule has 0 saturated heterocycles. The molecule has 0 aromatic rings. The molecule has 0 aliphatic rings. The zero-order chi connectivity index (χ0) is 8.08. The quantitative estimate of drug-likeness (QED) is 0.242. The Morgan fingerprint density at radius 2 is 1.18 bits per heavy atom. The Hall–Kier alpha value is 1.06. The van der Waals surface area contributed by atoms with Gasteiger partial charge in [0.2, 0.25) is 0 Å². The summed E-state index contributed by atoms with van der Waals surface area (Å²) in [5, 5.41) is 13.9. The Balaban J connectivity index is -0.0000000221. The van der Waals surface area contributed by atoms with Crippen LogP contribution < -0.4 is 29.6 Å². The SMILES string of the molecule is O=C(O)O.O=S(=O)(O)O.[H-].[Na+].[PbH2]. The van der Waals surface area contributed by atoms with Gasteiger partial charge in [0.1, 0.15) is 0 Å². The second-order valence-electron chi connectivity index (χ2n) is 0.730. The van der Waals surface area contributed by atoms with Crippen LogP contribution in [0.3, 0.4) is 0 Å². The molecule has 11 heavy (non-hydrogen) atoms. The summed E-state index contributed by atoms with van der Waals surface area (Å²) in [5.41, 5.74) is 0. The summed E-state index contributed by atoms with van der Waals surface area (Å²) in [7, 11) is -4.67. The topological polar surface area (TPSA) is 132 Å². The van der Waals surface area contributed by atoms with E-state index >= 15 is 0 Å². The van der Waals surface area contributed by atoms with Gasteiger partial charge in [-0.1, -0.05) is 0 Å². The van der Waals surface area contributed by atoms with Crippen LogP contribution >= 0.6 is 0 Å². The van der Waals surface area contributed by atoms with Crippen LogP contribution in [0.1, 0.15) is 1.43 Å². The molecule has 2 radical (unpaired) electrons. The van der Waals surface area contributed by atoms with E-state index in [-0.39, 0.29) is 58.3 Å². The normalized spacial score (nSPS) is 7.45. The summed E-state index contributed by atoms with van der Waals surface area (Å²) in [6, 6.07) is 0. The van der Waals surface area contributed by atoms with Gasteiger partial charge in [-0.05, 0) is 0 Å². The van der Waals surface area contributed by atoms with E-state index in [1.54, 1.807) is 0 Å². The molecule has 0 bridgehead atoms. The third-order valence-corrected chi connectivity index (χ3v) is 0. The fourth-order valence-corrected chi connectivity index (χ4v) is 0. The monoisotopic (exact) mass is 394 g/mol. The first-order chi connectivity index (χ1) is 3.73. The number of carbonyl (C=O) groups is 1. The van der Waals surface area contributed by atoms with Gasteiger partial charge in [-0.3, -0.25) is 9.11 Å². The van der Waals surface area contributed by atoms with Crippen molar-refractivity contribution < 1.29 is 63.5 Å². The molecular formula is CH7NaO7PbS. The minimum atomic E-state index is -4.67. The molecular weight excluding hydrogens is 386 g/mol. The zero-order valence-corrected chi connectivity index (χ0v) is 13.9.